The summed E-state index contributed by atoms with van der Waals surface area (Å²) in [5, 5.41) is 9.53. The van der Waals surface area contributed by atoms with Crippen molar-refractivity contribution >= 4 is 27.4 Å². The van der Waals surface area contributed by atoms with Crippen molar-refractivity contribution in [3.63, 3.8) is 0 Å². The van der Waals surface area contributed by atoms with Crippen LogP contribution in [0.3, 0.4) is 0 Å². The van der Waals surface area contributed by atoms with E-state index in [1.165, 1.54) is 25.3 Å². The Labute approximate surface area is 88.7 Å². The highest BCUT2D eigenvalue weighted by molar-refractivity contribution is 7.21. The zero-order valence-corrected chi connectivity index (χ0v) is 8.60. The molecule has 0 bridgehead atoms. The second-order valence-corrected chi connectivity index (χ2v) is 3.96. The van der Waals surface area contributed by atoms with E-state index in [4.69, 9.17) is 9.84 Å². The molecule has 78 valence electrons. The first-order valence-electron chi connectivity index (χ1n) is 4.13. The predicted molar refractivity (Wildman–Crippen MR) is 55.3 cm³/mol. The maximum absolute atomic E-state index is 12.9. The summed E-state index contributed by atoms with van der Waals surface area (Å²) in [6.45, 7) is 0. The first kappa shape index (κ1) is 9.92. The van der Waals surface area contributed by atoms with E-state index < -0.39 is 5.97 Å². The lowest BCUT2D eigenvalue weighted by Gasteiger charge is -1.98. The molecule has 2 rings (SSSR count). The topological polar surface area (TPSA) is 46.5 Å². The fourth-order valence-corrected chi connectivity index (χ4v) is 2.43. The number of carboxylic acid groups (broad SMARTS) is 1. The number of hydrogen-bond acceptors (Lipinski definition) is 3. The van der Waals surface area contributed by atoms with Gasteiger partial charge in [0.1, 0.15) is 5.82 Å². The van der Waals surface area contributed by atoms with Gasteiger partial charge in [-0.1, -0.05) is 0 Å². The van der Waals surface area contributed by atoms with E-state index in [1.54, 1.807) is 0 Å². The summed E-state index contributed by atoms with van der Waals surface area (Å²) in [4.78, 5) is 11.0. The molecule has 0 fully saturated rings. The Bertz CT molecular complexity index is 533. The first-order valence-corrected chi connectivity index (χ1v) is 4.94. The Kier molecular flexibility index (Phi) is 2.32. The molecule has 0 saturated heterocycles. The molecule has 1 heterocycles. The molecule has 15 heavy (non-hydrogen) atoms. The van der Waals surface area contributed by atoms with Crippen molar-refractivity contribution < 1.29 is 19.0 Å². The van der Waals surface area contributed by atoms with Gasteiger partial charge in [-0.05, 0) is 18.2 Å². The smallest absolute Gasteiger partial charge is 0.349 e. The summed E-state index contributed by atoms with van der Waals surface area (Å²) >= 11 is 1.01. The van der Waals surface area contributed by atoms with Crippen LogP contribution in [-0.4, -0.2) is 18.2 Å². The summed E-state index contributed by atoms with van der Waals surface area (Å²) in [5.74, 6) is -1.15. The molecule has 0 spiro atoms. The average Bonchev–Trinajstić information content (AvgIpc) is 2.55. The Balaban J connectivity index is 2.78. The van der Waals surface area contributed by atoms with Gasteiger partial charge >= 0.3 is 5.97 Å². The molecule has 3 nitrogen and oxygen atoms in total. The van der Waals surface area contributed by atoms with Crippen LogP contribution in [0.25, 0.3) is 10.1 Å². The third kappa shape index (κ3) is 1.55. The number of ether oxygens (including phenoxy) is 1. The lowest BCUT2D eigenvalue weighted by atomic mass is 10.2. The van der Waals surface area contributed by atoms with Crippen molar-refractivity contribution in [3.8, 4) is 5.75 Å². The summed E-state index contributed by atoms with van der Waals surface area (Å²) in [5.41, 5.74) is 0. The molecule has 0 atom stereocenters. The van der Waals surface area contributed by atoms with Gasteiger partial charge in [-0.15, -0.1) is 11.3 Å². The Morgan fingerprint density at radius 2 is 2.27 bits per heavy atom. The number of halogens is 1. The van der Waals surface area contributed by atoms with Gasteiger partial charge in [0.05, 0.1) is 7.11 Å². The summed E-state index contributed by atoms with van der Waals surface area (Å²) in [6.07, 6.45) is 0. The van der Waals surface area contributed by atoms with E-state index in [0.29, 0.717) is 15.8 Å². The molecule has 0 radical (unpaired) electrons. The number of fused-ring (bicyclic) bond motifs is 1. The largest absolute Gasteiger partial charge is 0.494 e. The highest BCUT2D eigenvalue weighted by Gasteiger charge is 2.18. The maximum atomic E-state index is 12.9. The standard InChI is InChI=1S/C10H7FO3S/c1-14-8-6-3-2-5(11)4-7(6)15-9(8)10(12)13/h2-4H,1H3,(H,12,13). The van der Waals surface area contributed by atoms with Crippen molar-refractivity contribution in [3.05, 3.63) is 28.9 Å². The normalized spacial score (nSPS) is 10.5. The molecule has 0 aliphatic rings. The number of carboxylic acids is 1. The second kappa shape index (κ2) is 3.51. The summed E-state index contributed by atoms with van der Waals surface area (Å²) < 4.78 is 18.5. The number of methoxy groups -OCH3 is 1. The quantitative estimate of drug-likeness (QED) is 0.856. The molecular weight excluding hydrogens is 219 g/mol. The third-order valence-electron chi connectivity index (χ3n) is 2.00. The molecule has 0 unspecified atom stereocenters. The van der Waals surface area contributed by atoms with E-state index in [1.807, 2.05) is 0 Å². The molecule has 1 aromatic carbocycles. The second-order valence-electron chi connectivity index (χ2n) is 2.91. The van der Waals surface area contributed by atoms with Gasteiger partial charge in [-0.3, -0.25) is 0 Å². The number of aromatic carboxylic acids is 1. The van der Waals surface area contributed by atoms with Gasteiger partial charge in [0.2, 0.25) is 0 Å². The zero-order chi connectivity index (χ0) is 11.0. The molecule has 0 aliphatic heterocycles. The Morgan fingerprint density at radius 3 is 2.87 bits per heavy atom. The average molecular weight is 226 g/mol. The molecule has 1 aromatic heterocycles. The Morgan fingerprint density at radius 1 is 1.53 bits per heavy atom. The van der Waals surface area contributed by atoms with Crippen molar-refractivity contribution in [2.75, 3.05) is 7.11 Å². The SMILES string of the molecule is COc1c(C(=O)O)sc2cc(F)ccc12. The van der Waals surface area contributed by atoms with Gasteiger partial charge in [0, 0.05) is 10.1 Å². The van der Waals surface area contributed by atoms with E-state index in [-0.39, 0.29) is 10.7 Å². The van der Waals surface area contributed by atoms with E-state index in [9.17, 15) is 9.18 Å². The zero-order valence-electron chi connectivity index (χ0n) is 7.78. The fraction of sp³-hybridized carbons (Fsp3) is 0.100. The van der Waals surface area contributed by atoms with Crippen molar-refractivity contribution in [1.29, 1.82) is 0 Å². The van der Waals surface area contributed by atoms with E-state index in [0.717, 1.165) is 11.3 Å². The van der Waals surface area contributed by atoms with Crippen LogP contribution in [0, 0.1) is 5.82 Å². The molecule has 1 N–H and O–H groups in total. The van der Waals surface area contributed by atoms with Gasteiger partial charge in [-0.2, -0.15) is 0 Å². The van der Waals surface area contributed by atoms with Crippen LogP contribution in [0.4, 0.5) is 4.39 Å². The highest BCUT2D eigenvalue weighted by Crippen LogP contribution is 2.37. The lowest BCUT2D eigenvalue weighted by molar-refractivity contribution is 0.0699. The van der Waals surface area contributed by atoms with Crippen LogP contribution in [0.5, 0.6) is 5.75 Å². The molecule has 2 aromatic rings. The van der Waals surface area contributed by atoms with E-state index >= 15 is 0 Å². The number of benzene rings is 1. The molecular formula is C10H7FO3S. The molecule has 0 saturated carbocycles. The molecule has 0 aliphatic carbocycles. The number of rotatable bonds is 2. The highest BCUT2D eigenvalue weighted by atomic mass is 32.1. The van der Waals surface area contributed by atoms with Crippen molar-refractivity contribution in [2.24, 2.45) is 0 Å². The number of carbonyl (C=O) groups is 1. The van der Waals surface area contributed by atoms with Crippen LogP contribution in [0.2, 0.25) is 0 Å². The van der Waals surface area contributed by atoms with Crippen molar-refractivity contribution in [1.82, 2.24) is 0 Å². The number of hydrogen-bond donors (Lipinski definition) is 1. The van der Waals surface area contributed by atoms with Gasteiger partial charge in [-0.25, -0.2) is 9.18 Å². The summed E-state index contributed by atoms with van der Waals surface area (Å²) in [7, 11) is 1.40. The van der Waals surface area contributed by atoms with Gasteiger partial charge < -0.3 is 9.84 Å². The number of thiophene rings is 1. The van der Waals surface area contributed by atoms with Crippen LogP contribution in [-0.2, 0) is 0 Å². The van der Waals surface area contributed by atoms with Crippen molar-refractivity contribution in [2.45, 2.75) is 0 Å². The minimum Gasteiger partial charge on any atom is -0.494 e. The molecule has 5 heteroatoms. The lowest BCUT2D eigenvalue weighted by Crippen LogP contribution is -1.95. The monoisotopic (exact) mass is 226 g/mol. The molecule has 0 amide bonds. The van der Waals surface area contributed by atoms with Crippen LogP contribution in [0.15, 0.2) is 18.2 Å². The maximum Gasteiger partial charge on any atom is 0.349 e. The first-order chi connectivity index (χ1) is 7.13. The van der Waals surface area contributed by atoms with Crippen LogP contribution >= 0.6 is 11.3 Å². The minimum absolute atomic E-state index is 0.0955. The van der Waals surface area contributed by atoms with E-state index in [2.05, 4.69) is 0 Å². The van der Waals surface area contributed by atoms with Crippen LogP contribution < -0.4 is 4.74 Å². The Hall–Kier alpha value is -1.62. The fourth-order valence-electron chi connectivity index (χ4n) is 1.39. The van der Waals surface area contributed by atoms with Gasteiger partial charge in [0.25, 0.3) is 0 Å². The van der Waals surface area contributed by atoms with Crippen LogP contribution in [0.1, 0.15) is 9.67 Å². The summed E-state index contributed by atoms with van der Waals surface area (Å²) in [6, 6.07) is 4.10. The third-order valence-corrected chi connectivity index (χ3v) is 3.13. The minimum atomic E-state index is -1.06. The predicted octanol–water partition coefficient (Wildman–Crippen LogP) is 2.75. The van der Waals surface area contributed by atoms with Gasteiger partial charge in [0.15, 0.2) is 10.6 Å².